The first-order valence-corrected chi connectivity index (χ1v) is 5.97. The van der Waals surface area contributed by atoms with Crippen LogP contribution in [-0.4, -0.2) is 30.6 Å². The molecule has 0 unspecified atom stereocenters. The molecule has 1 N–H and O–H groups in total. The summed E-state index contributed by atoms with van der Waals surface area (Å²) in [5, 5.41) is 3.05. The Morgan fingerprint density at radius 3 is 2.93 bits per heavy atom. The van der Waals surface area contributed by atoms with Gasteiger partial charge in [0.2, 0.25) is 0 Å². The average molecular weight is 212 g/mol. The third-order valence-electron chi connectivity index (χ3n) is 1.71. The third kappa shape index (κ3) is 3.98. The zero-order valence-electron chi connectivity index (χ0n) is 8.62. The lowest BCUT2D eigenvalue weighted by Gasteiger charge is -2.05. The lowest BCUT2D eigenvalue weighted by molar-refractivity contribution is 0.342. The highest BCUT2D eigenvalue weighted by molar-refractivity contribution is 7.98. The van der Waals surface area contributed by atoms with Gasteiger partial charge in [-0.05, 0) is 25.4 Å². The molecule has 1 rings (SSSR count). The van der Waals surface area contributed by atoms with Crippen molar-refractivity contribution in [1.82, 2.24) is 10.3 Å². The average Bonchev–Trinajstić information content (AvgIpc) is 2.21. The van der Waals surface area contributed by atoms with E-state index < -0.39 is 0 Å². The van der Waals surface area contributed by atoms with Crippen LogP contribution in [-0.2, 0) is 6.54 Å². The van der Waals surface area contributed by atoms with E-state index in [9.17, 15) is 0 Å². The molecule has 14 heavy (non-hydrogen) atoms. The van der Waals surface area contributed by atoms with Crippen molar-refractivity contribution in [2.45, 2.75) is 6.54 Å². The highest BCUT2D eigenvalue weighted by Gasteiger charge is 1.95. The number of thioether (sulfide) groups is 1. The molecule has 1 heterocycles. The minimum absolute atomic E-state index is 0.744. The number of nitrogens with zero attached hydrogens (tertiary/aromatic N) is 1. The topological polar surface area (TPSA) is 34.1 Å². The van der Waals surface area contributed by atoms with Crippen LogP contribution in [0.4, 0.5) is 0 Å². The van der Waals surface area contributed by atoms with Crippen LogP contribution in [0.5, 0.6) is 5.75 Å². The molecule has 78 valence electrons. The molecule has 0 aliphatic carbocycles. The third-order valence-corrected chi connectivity index (χ3v) is 2.29. The fraction of sp³-hybridized carbons (Fsp3) is 0.500. The smallest absolute Gasteiger partial charge is 0.137 e. The maximum Gasteiger partial charge on any atom is 0.137 e. The highest BCUT2D eigenvalue weighted by atomic mass is 32.2. The van der Waals surface area contributed by atoms with E-state index in [1.165, 1.54) is 0 Å². The second-order valence-electron chi connectivity index (χ2n) is 2.86. The van der Waals surface area contributed by atoms with Crippen molar-refractivity contribution in [2.75, 3.05) is 25.7 Å². The fourth-order valence-electron chi connectivity index (χ4n) is 1.02. The van der Waals surface area contributed by atoms with E-state index in [2.05, 4.69) is 16.6 Å². The number of pyridine rings is 1. The van der Waals surface area contributed by atoms with Gasteiger partial charge in [-0.25, -0.2) is 0 Å². The maximum atomic E-state index is 5.48. The minimum atomic E-state index is 0.744. The molecule has 3 nitrogen and oxygen atoms in total. The molecule has 0 fully saturated rings. The van der Waals surface area contributed by atoms with Gasteiger partial charge in [0.25, 0.3) is 0 Å². The van der Waals surface area contributed by atoms with Crippen LogP contribution < -0.4 is 10.1 Å². The Morgan fingerprint density at radius 2 is 2.36 bits per heavy atom. The number of ether oxygens (including phenoxy) is 1. The van der Waals surface area contributed by atoms with Crippen LogP contribution in [0.3, 0.4) is 0 Å². The van der Waals surface area contributed by atoms with Gasteiger partial charge < -0.3 is 10.1 Å². The van der Waals surface area contributed by atoms with Gasteiger partial charge in [0.05, 0.1) is 18.5 Å². The Labute approximate surface area is 89.3 Å². The van der Waals surface area contributed by atoms with Crippen molar-refractivity contribution in [2.24, 2.45) is 0 Å². The lowest BCUT2D eigenvalue weighted by atomic mass is 10.3. The molecule has 0 aromatic carbocycles. The van der Waals surface area contributed by atoms with Gasteiger partial charge in [-0.3, -0.25) is 4.98 Å². The van der Waals surface area contributed by atoms with Crippen molar-refractivity contribution in [1.29, 1.82) is 0 Å². The Morgan fingerprint density at radius 1 is 1.50 bits per heavy atom. The summed E-state index contributed by atoms with van der Waals surface area (Å²) in [6, 6.07) is 3.94. The molecule has 0 saturated heterocycles. The van der Waals surface area contributed by atoms with E-state index in [1.807, 2.05) is 19.2 Å². The van der Waals surface area contributed by atoms with Crippen molar-refractivity contribution >= 4 is 11.8 Å². The molecule has 0 spiro atoms. The fourth-order valence-corrected chi connectivity index (χ4v) is 1.27. The summed E-state index contributed by atoms with van der Waals surface area (Å²) >= 11 is 1.78. The first-order valence-electron chi connectivity index (χ1n) is 4.58. The second kappa shape index (κ2) is 6.68. The summed E-state index contributed by atoms with van der Waals surface area (Å²) in [7, 11) is 1.91. The summed E-state index contributed by atoms with van der Waals surface area (Å²) in [6.07, 6.45) is 3.84. The van der Waals surface area contributed by atoms with Gasteiger partial charge in [-0.2, -0.15) is 11.8 Å². The molecule has 0 saturated carbocycles. The Hall–Kier alpha value is -0.740. The number of rotatable bonds is 6. The lowest BCUT2D eigenvalue weighted by Crippen LogP contribution is -2.07. The Balaban J connectivity index is 2.38. The molecule has 0 atom stereocenters. The zero-order valence-corrected chi connectivity index (χ0v) is 9.43. The summed E-state index contributed by atoms with van der Waals surface area (Å²) in [5.74, 6) is 1.86. The van der Waals surface area contributed by atoms with Gasteiger partial charge in [0, 0.05) is 12.3 Å². The van der Waals surface area contributed by atoms with Crippen LogP contribution in [0.15, 0.2) is 18.3 Å². The SMILES string of the molecule is CNCc1ccc(OCCSC)cn1. The van der Waals surface area contributed by atoms with Crippen molar-refractivity contribution in [3.8, 4) is 5.75 Å². The molecule has 4 heteroatoms. The Kier molecular flexibility index (Phi) is 5.40. The van der Waals surface area contributed by atoms with Gasteiger partial charge in [-0.1, -0.05) is 0 Å². The van der Waals surface area contributed by atoms with E-state index in [0.29, 0.717) is 0 Å². The van der Waals surface area contributed by atoms with Crippen molar-refractivity contribution < 1.29 is 4.74 Å². The van der Waals surface area contributed by atoms with Gasteiger partial charge in [-0.15, -0.1) is 0 Å². The maximum absolute atomic E-state index is 5.48. The number of hydrogen-bond donors (Lipinski definition) is 1. The molecule has 0 bridgehead atoms. The predicted molar refractivity (Wildman–Crippen MR) is 60.9 cm³/mol. The summed E-state index contributed by atoms with van der Waals surface area (Å²) in [6.45, 7) is 1.54. The van der Waals surface area contributed by atoms with Crippen LogP contribution in [0.1, 0.15) is 5.69 Å². The molecular weight excluding hydrogens is 196 g/mol. The first kappa shape index (κ1) is 11.3. The van der Waals surface area contributed by atoms with E-state index >= 15 is 0 Å². The largest absolute Gasteiger partial charge is 0.491 e. The van der Waals surface area contributed by atoms with Crippen molar-refractivity contribution in [3.63, 3.8) is 0 Å². The monoisotopic (exact) mass is 212 g/mol. The van der Waals surface area contributed by atoms with Crippen molar-refractivity contribution in [3.05, 3.63) is 24.0 Å². The second-order valence-corrected chi connectivity index (χ2v) is 3.84. The standard InChI is InChI=1S/C10H16N2OS/c1-11-7-9-3-4-10(8-12-9)13-5-6-14-2/h3-4,8,11H,5-7H2,1-2H3. The van der Waals surface area contributed by atoms with Crippen LogP contribution in [0.2, 0.25) is 0 Å². The zero-order chi connectivity index (χ0) is 10.2. The molecule has 1 aromatic heterocycles. The molecular formula is C10H16N2OS. The number of aromatic nitrogens is 1. The highest BCUT2D eigenvalue weighted by Crippen LogP contribution is 2.09. The Bertz CT molecular complexity index is 251. The predicted octanol–water partition coefficient (Wildman–Crippen LogP) is 1.54. The van der Waals surface area contributed by atoms with Gasteiger partial charge in [0.15, 0.2) is 0 Å². The molecule has 0 radical (unpaired) electrons. The molecule has 1 aromatic rings. The summed E-state index contributed by atoms with van der Waals surface area (Å²) in [4.78, 5) is 4.25. The molecule has 0 aliphatic rings. The van der Waals surface area contributed by atoms with Crippen LogP contribution >= 0.6 is 11.8 Å². The first-order chi connectivity index (χ1) is 6.86. The molecule has 0 amide bonds. The normalized spacial score (nSPS) is 10.1. The van der Waals surface area contributed by atoms with Crippen LogP contribution in [0, 0.1) is 0 Å². The van der Waals surface area contributed by atoms with Gasteiger partial charge >= 0.3 is 0 Å². The summed E-state index contributed by atoms with van der Waals surface area (Å²) < 4.78 is 5.48. The quantitative estimate of drug-likeness (QED) is 0.725. The van der Waals surface area contributed by atoms with E-state index in [1.54, 1.807) is 18.0 Å². The van der Waals surface area contributed by atoms with Gasteiger partial charge in [0.1, 0.15) is 5.75 Å². The minimum Gasteiger partial charge on any atom is -0.491 e. The van der Waals surface area contributed by atoms with E-state index in [-0.39, 0.29) is 0 Å². The van der Waals surface area contributed by atoms with Crippen LogP contribution in [0.25, 0.3) is 0 Å². The van der Waals surface area contributed by atoms with E-state index in [0.717, 1.165) is 30.3 Å². The summed E-state index contributed by atoms with van der Waals surface area (Å²) in [5.41, 5.74) is 1.03. The van der Waals surface area contributed by atoms with E-state index in [4.69, 9.17) is 4.74 Å². The molecule has 0 aliphatic heterocycles. The number of hydrogen-bond acceptors (Lipinski definition) is 4. The number of nitrogens with one attached hydrogen (secondary N) is 1.